The SMILES string of the molecule is Cc1ccc(-c2nnc(-c3ccc(C(=O)OCC(C)C)cc3)o2)cc1. The molecule has 0 amide bonds. The van der Waals surface area contributed by atoms with E-state index < -0.39 is 0 Å². The van der Waals surface area contributed by atoms with Crippen LogP contribution in [0.3, 0.4) is 0 Å². The van der Waals surface area contributed by atoms with Gasteiger partial charge in [-0.25, -0.2) is 4.79 Å². The first-order chi connectivity index (χ1) is 12.0. The Labute approximate surface area is 146 Å². The molecule has 128 valence electrons. The van der Waals surface area contributed by atoms with Crippen molar-refractivity contribution in [3.8, 4) is 22.9 Å². The highest BCUT2D eigenvalue weighted by molar-refractivity contribution is 5.89. The Balaban J connectivity index is 1.74. The van der Waals surface area contributed by atoms with Crippen LogP contribution in [0.2, 0.25) is 0 Å². The molecule has 1 aromatic heterocycles. The number of carbonyl (C=O) groups excluding carboxylic acids is 1. The smallest absolute Gasteiger partial charge is 0.338 e. The Kier molecular flexibility index (Phi) is 4.93. The number of carbonyl (C=O) groups is 1. The van der Waals surface area contributed by atoms with Crippen molar-refractivity contribution >= 4 is 5.97 Å². The van der Waals surface area contributed by atoms with Gasteiger partial charge in [-0.1, -0.05) is 31.5 Å². The molecule has 3 aromatic rings. The van der Waals surface area contributed by atoms with Gasteiger partial charge in [0.15, 0.2) is 0 Å². The Morgan fingerprint density at radius 3 is 2.00 bits per heavy atom. The maximum atomic E-state index is 11.9. The number of ether oxygens (including phenoxy) is 1. The topological polar surface area (TPSA) is 65.2 Å². The van der Waals surface area contributed by atoms with E-state index in [1.807, 2.05) is 45.0 Å². The standard InChI is InChI=1S/C20H20N2O3/c1-13(2)12-24-20(23)17-10-8-16(9-11-17)19-22-21-18(25-19)15-6-4-14(3)5-7-15/h4-11,13H,12H2,1-3H3. The third-order valence-corrected chi connectivity index (χ3v) is 3.64. The number of aryl methyl sites for hydroxylation is 1. The second-order valence-corrected chi connectivity index (χ2v) is 6.35. The van der Waals surface area contributed by atoms with Crippen LogP contribution in [0.4, 0.5) is 0 Å². The van der Waals surface area contributed by atoms with Gasteiger partial charge in [-0.2, -0.15) is 0 Å². The van der Waals surface area contributed by atoms with Crippen molar-refractivity contribution in [3.63, 3.8) is 0 Å². The van der Waals surface area contributed by atoms with Crippen molar-refractivity contribution in [2.45, 2.75) is 20.8 Å². The predicted molar refractivity (Wildman–Crippen MR) is 95.0 cm³/mol. The largest absolute Gasteiger partial charge is 0.462 e. The van der Waals surface area contributed by atoms with Gasteiger partial charge < -0.3 is 9.15 Å². The molecule has 0 fully saturated rings. The van der Waals surface area contributed by atoms with E-state index in [1.165, 1.54) is 5.56 Å². The van der Waals surface area contributed by atoms with Crippen LogP contribution in [0.1, 0.15) is 29.8 Å². The van der Waals surface area contributed by atoms with Crippen molar-refractivity contribution in [3.05, 3.63) is 59.7 Å². The molecule has 3 rings (SSSR count). The lowest BCUT2D eigenvalue weighted by Crippen LogP contribution is -2.09. The quantitative estimate of drug-likeness (QED) is 0.641. The van der Waals surface area contributed by atoms with Crippen LogP contribution in [0, 0.1) is 12.8 Å². The molecule has 0 aliphatic rings. The van der Waals surface area contributed by atoms with E-state index in [4.69, 9.17) is 9.15 Å². The monoisotopic (exact) mass is 336 g/mol. The van der Waals surface area contributed by atoms with E-state index in [9.17, 15) is 4.79 Å². The zero-order valence-electron chi connectivity index (χ0n) is 14.5. The van der Waals surface area contributed by atoms with Crippen LogP contribution < -0.4 is 0 Å². The van der Waals surface area contributed by atoms with Gasteiger partial charge in [0.05, 0.1) is 12.2 Å². The molecule has 0 spiro atoms. The lowest BCUT2D eigenvalue weighted by molar-refractivity contribution is 0.0459. The summed E-state index contributed by atoms with van der Waals surface area (Å²) in [4.78, 5) is 11.9. The third kappa shape index (κ3) is 4.12. The fourth-order valence-corrected chi connectivity index (χ4v) is 2.23. The van der Waals surface area contributed by atoms with E-state index in [0.29, 0.717) is 29.9 Å². The molecule has 0 saturated carbocycles. The van der Waals surface area contributed by atoms with Crippen molar-refractivity contribution in [1.82, 2.24) is 10.2 Å². The molecule has 0 aliphatic carbocycles. The van der Waals surface area contributed by atoms with Gasteiger partial charge in [0, 0.05) is 11.1 Å². The highest BCUT2D eigenvalue weighted by Crippen LogP contribution is 2.24. The normalized spacial score (nSPS) is 10.9. The van der Waals surface area contributed by atoms with Crippen molar-refractivity contribution in [2.75, 3.05) is 6.61 Å². The maximum Gasteiger partial charge on any atom is 0.338 e. The molecule has 0 atom stereocenters. The zero-order valence-corrected chi connectivity index (χ0v) is 14.5. The van der Waals surface area contributed by atoms with Crippen molar-refractivity contribution in [2.24, 2.45) is 5.92 Å². The average molecular weight is 336 g/mol. The Bertz CT molecular complexity index is 849. The number of benzene rings is 2. The average Bonchev–Trinajstić information content (AvgIpc) is 3.10. The van der Waals surface area contributed by atoms with Gasteiger partial charge in [-0.3, -0.25) is 0 Å². The van der Waals surface area contributed by atoms with Crippen molar-refractivity contribution < 1.29 is 13.9 Å². The summed E-state index contributed by atoms with van der Waals surface area (Å²) >= 11 is 0. The second-order valence-electron chi connectivity index (χ2n) is 6.35. The van der Waals surface area contributed by atoms with Crippen LogP contribution >= 0.6 is 0 Å². The van der Waals surface area contributed by atoms with Crippen LogP contribution in [-0.2, 0) is 4.74 Å². The highest BCUT2D eigenvalue weighted by atomic mass is 16.5. The molecule has 5 nitrogen and oxygen atoms in total. The molecule has 0 unspecified atom stereocenters. The maximum absolute atomic E-state index is 11.9. The van der Waals surface area contributed by atoms with Crippen LogP contribution in [0.15, 0.2) is 52.9 Å². The lowest BCUT2D eigenvalue weighted by atomic mass is 10.1. The number of aromatic nitrogens is 2. The minimum absolute atomic E-state index is 0.307. The summed E-state index contributed by atoms with van der Waals surface area (Å²) in [7, 11) is 0. The van der Waals surface area contributed by atoms with Gasteiger partial charge in [-0.15, -0.1) is 10.2 Å². The Morgan fingerprint density at radius 2 is 1.48 bits per heavy atom. The molecule has 0 radical (unpaired) electrons. The zero-order chi connectivity index (χ0) is 17.8. The van der Waals surface area contributed by atoms with E-state index in [1.54, 1.807) is 24.3 Å². The van der Waals surface area contributed by atoms with E-state index >= 15 is 0 Å². The molecular weight excluding hydrogens is 316 g/mol. The number of esters is 1. The number of nitrogens with zero attached hydrogens (tertiary/aromatic N) is 2. The van der Waals surface area contributed by atoms with Crippen LogP contribution in [-0.4, -0.2) is 22.8 Å². The summed E-state index contributed by atoms with van der Waals surface area (Å²) in [5, 5.41) is 8.18. The van der Waals surface area contributed by atoms with E-state index in [2.05, 4.69) is 10.2 Å². The number of rotatable bonds is 5. The number of hydrogen-bond donors (Lipinski definition) is 0. The summed E-state index contributed by atoms with van der Waals surface area (Å²) in [5.41, 5.74) is 3.30. The molecule has 2 aromatic carbocycles. The summed E-state index contributed by atoms with van der Waals surface area (Å²) in [5.74, 6) is 0.862. The number of hydrogen-bond acceptors (Lipinski definition) is 5. The molecule has 0 aliphatic heterocycles. The lowest BCUT2D eigenvalue weighted by Gasteiger charge is -2.07. The van der Waals surface area contributed by atoms with E-state index in [0.717, 1.165) is 11.1 Å². The molecule has 0 saturated heterocycles. The molecule has 5 heteroatoms. The first kappa shape index (κ1) is 16.9. The Hall–Kier alpha value is -2.95. The van der Waals surface area contributed by atoms with Gasteiger partial charge in [-0.05, 0) is 49.2 Å². The fourth-order valence-electron chi connectivity index (χ4n) is 2.23. The first-order valence-electron chi connectivity index (χ1n) is 8.21. The van der Waals surface area contributed by atoms with Crippen LogP contribution in [0.25, 0.3) is 22.9 Å². The molecule has 0 bridgehead atoms. The van der Waals surface area contributed by atoms with Gasteiger partial charge in [0.25, 0.3) is 0 Å². The summed E-state index contributed by atoms with van der Waals surface area (Å²) < 4.78 is 11.0. The summed E-state index contributed by atoms with van der Waals surface area (Å²) in [6.45, 7) is 6.43. The summed E-state index contributed by atoms with van der Waals surface area (Å²) in [6.07, 6.45) is 0. The summed E-state index contributed by atoms with van der Waals surface area (Å²) in [6, 6.07) is 14.8. The van der Waals surface area contributed by atoms with Gasteiger partial charge in [0.2, 0.25) is 11.8 Å². The molecule has 25 heavy (non-hydrogen) atoms. The predicted octanol–water partition coefficient (Wildman–Crippen LogP) is 4.52. The van der Waals surface area contributed by atoms with Gasteiger partial charge >= 0.3 is 5.97 Å². The minimum atomic E-state index is -0.328. The fraction of sp³-hybridized carbons (Fsp3) is 0.250. The second kappa shape index (κ2) is 7.30. The molecule has 0 N–H and O–H groups in total. The highest BCUT2D eigenvalue weighted by Gasteiger charge is 2.12. The van der Waals surface area contributed by atoms with E-state index in [-0.39, 0.29) is 5.97 Å². The van der Waals surface area contributed by atoms with Crippen LogP contribution in [0.5, 0.6) is 0 Å². The third-order valence-electron chi connectivity index (χ3n) is 3.64. The minimum Gasteiger partial charge on any atom is -0.462 e. The molecule has 1 heterocycles. The Morgan fingerprint density at radius 1 is 0.960 bits per heavy atom. The van der Waals surface area contributed by atoms with Crippen molar-refractivity contribution in [1.29, 1.82) is 0 Å². The molecular formula is C20H20N2O3. The van der Waals surface area contributed by atoms with Gasteiger partial charge in [0.1, 0.15) is 0 Å². The first-order valence-corrected chi connectivity index (χ1v) is 8.21.